The van der Waals surface area contributed by atoms with Crippen LogP contribution in [0.25, 0.3) is 5.69 Å². The Morgan fingerprint density at radius 3 is 2.65 bits per heavy atom. The van der Waals surface area contributed by atoms with Crippen LogP contribution in [0.15, 0.2) is 64.1 Å². The van der Waals surface area contributed by atoms with Gasteiger partial charge < -0.3 is 14.9 Å². The average Bonchev–Trinajstić information content (AvgIpc) is 3.02. The van der Waals surface area contributed by atoms with Gasteiger partial charge in [-0.15, -0.1) is 0 Å². The van der Waals surface area contributed by atoms with Crippen molar-refractivity contribution < 1.29 is 23.5 Å². The van der Waals surface area contributed by atoms with Crippen molar-refractivity contribution in [2.24, 2.45) is 0 Å². The zero-order chi connectivity index (χ0) is 18.5. The van der Waals surface area contributed by atoms with Crippen LogP contribution in [0.4, 0.5) is 10.1 Å². The second-order valence-electron chi connectivity index (χ2n) is 5.40. The van der Waals surface area contributed by atoms with Crippen LogP contribution in [0.2, 0.25) is 0 Å². The van der Waals surface area contributed by atoms with Gasteiger partial charge >= 0.3 is 0 Å². The predicted molar refractivity (Wildman–Crippen MR) is 92.4 cm³/mol. The van der Waals surface area contributed by atoms with E-state index in [1.165, 1.54) is 16.8 Å². The molecule has 0 radical (unpaired) electrons. The number of aromatic nitrogens is 2. The maximum Gasteiger partial charge on any atom is 0.298 e. The van der Waals surface area contributed by atoms with E-state index in [1.54, 1.807) is 36.4 Å². The van der Waals surface area contributed by atoms with E-state index in [4.69, 9.17) is 4.52 Å². The number of anilines is 1. The van der Waals surface area contributed by atoms with Crippen molar-refractivity contribution in [1.29, 1.82) is 0 Å². The van der Waals surface area contributed by atoms with Gasteiger partial charge in [-0.1, -0.05) is 37.3 Å². The van der Waals surface area contributed by atoms with E-state index in [2.05, 4.69) is 10.6 Å². The zero-order valence-electron chi connectivity index (χ0n) is 13.9. The van der Waals surface area contributed by atoms with Gasteiger partial charge in [0.15, 0.2) is 5.95 Å². The molecule has 3 rings (SSSR count). The van der Waals surface area contributed by atoms with Gasteiger partial charge in [0, 0.05) is 12.1 Å². The normalized spacial score (nSPS) is 11.9. The number of hydrogen-bond donors (Lipinski definition) is 1. The molecule has 26 heavy (non-hydrogen) atoms. The number of halogens is 1. The first-order chi connectivity index (χ1) is 12.6. The van der Waals surface area contributed by atoms with Gasteiger partial charge in [0.1, 0.15) is 5.82 Å². The third kappa shape index (κ3) is 3.85. The number of nitrogens with zero attached hydrogens (tertiary/aromatic N) is 2. The summed E-state index contributed by atoms with van der Waals surface area (Å²) >= 11 is 1.04. The molecule has 8 heteroatoms. The summed E-state index contributed by atoms with van der Waals surface area (Å²) in [4.78, 5) is 12.5. The molecule has 3 aromatic rings. The molecule has 0 bridgehead atoms. The minimum Gasteiger partial charge on any atom is -0.538 e. The van der Waals surface area contributed by atoms with E-state index < -0.39 is 22.9 Å². The quantitative estimate of drug-likeness (QED) is 0.531. The average molecular weight is 373 g/mol. The molecule has 0 aliphatic heterocycles. The Morgan fingerprint density at radius 1 is 1.27 bits per heavy atom. The highest BCUT2D eigenvalue weighted by molar-refractivity contribution is 8.00. The molecule has 0 saturated carbocycles. The van der Waals surface area contributed by atoms with E-state index >= 15 is 0 Å². The van der Waals surface area contributed by atoms with Crippen LogP contribution >= 0.6 is 11.8 Å². The fraction of sp³-hybridized carbons (Fsp3) is 0.167. The number of rotatable bonds is 6. The molecule has 0 spiro atoms. The topological polar surface area (TPSA) is 82.1 Å². The lowest BCUT2D eigenvalue weighted by atomic mass is 10.2. The molecule has 0 aliphatic rings. The molecule has 0 fully saturated rings. The van der Waals surface area contributed by atoms with Gasteiger partial charge in [-0.3, -0.25) is 4.79 Å². The molecular formula is C18H16FN3O3S. The highest BCUT2D eigenvalue weighted by Crippen LogP contribution is 2.30. The van der Waals surface area contributed by atoms with Crippen LogP contribution in [0.1, 0.15) is 13.3 Å². The molecule has 0 aliphatic carbocycles. The van der Waals surface area contributed by atoms with Crippen molar-refractivity contribution in [3.05, 3.63) is 60.4 Å². The second-order valence-corrected chi connectivity index (χ2v) is 6.59. The molecule has 1 N–H and O–H groups in total. The maximum absolute atomic E-state index is 13.7. The number of hydrogen-bond acceptors (Lipinski definition) is 5. The lowest BCUT2D eigenvalue weighted by Crippen LogP contribution is -2.36. The van der Waals surface area contributed by atoms with Crippen molar-refractivity contribution in [2.45, 2.75) is 23.6 Å². The van der Waals surface area contributed by atoms with Gasteiger partial charge in [0.2, 0.25) is 11.6 Å². The third-order valence-corrected chi connectivity index (χ3v) is 5.02. The van der Waals surface area contributed by atoms with Crippen LogP contribution in [0.5, 0.6) is 5.95 Å². The Bertz CT molecular complexity index is 902. The highest BCUT2D eigenvalue weighted by atomic mass is 32.2. The number of carbonyl (C=O) groups excluding carboxylic acids is 1. The van der Waals surface area contributed by atoms with Gasteiger partial charge in [-0.25, -0.2) is 4.39 Å². The van der Waals surface area contributed by atoms with E-state index in [0.29, 0.717) is 12.1 Å². The highest BCUT2D eigenvalue weighted by Gasteiger charge is 2.28. The van der Waals surface area contributed by atoms with E-state index in [0.717, 1.165) is 11.8 Å². The first-order valence-corrected chi connectivity index (χ1v) is 8.84. The molecule has 1 atom stereocenters. The predicted octanol–water partition coefficient (Wildman–Crippen LogP) is 2.67. The van der Waals surface area contributed by atoms with Crippen molar-refractivity contribution in [3.8, 4) is 11.6 Å². The first-order valence-electron chi connectivity index (χ1n) is 7.96. The Hall–Kier alpha value is -2.87. The Balaban J connectivity index is 1.82. The zero-order valence-corrected chi connectivity index (χ0v) is 14.7. The molecule has 1 heterocycles. The van der Waals surface area contributed by atoms with Crippen molar-refractivity contribution >= 4 is 23.4 Å². The fourth-order valence-electron chi connectivity index (χ4n) is 2.30. The Kier molecular flexibility index (Phi) is 5.52. The SMILES string of the molecule is CCC(Sc1c([O-])on[n+]1-c1ccccc1)C(=O)Nc1ccccc1F. The largest absolute Gasteiger partial charge is 0.538 e. The lowest BCUT2D eigenvalue weighted by molar-refractivity contribution is -0.705. The molecule has 0 saturated heterocycles. The molecule has 2 aromatic carbocycles. The lowest BCUT2D eigenvalue weighted by Gasteiger charge is -2.13. The Morgan fingerprint density at radius 2 is 1.96 bits per heavy atom. The van der Waals surface area contributed by atoms with Crippen LogP contribution < -0.4 is 15.1 Å². The van der Waals surface area contributed by atoms with Gasteiger partial charge in [-0.2, -0.15) is 0 Å². The summed E-state index contributed by atoms with van der Waals surface area (Å²) in [7, 11) is 0. The fourth-order valence-corrected chi connectivity index (χ4v) is 3.28. The summed E-state index contributed by atoms with van der Waals surface area (Å²) in [6.45, 7) is 1.81. The minimum atomic E-state index is -0.629. The number of carbonyl (C=O) groups is 1. The van der Waals surface area contributed by atoms with Crippen LogP contribution in [0.3, 0.4) is 0 Å². The monoisotopic (exact) mass is 373 g/mol. The van der Waals surface area contributed by atoms with E-state index in [9.17, 15) is 14.3 Å². The number of nitrogens with one attached hydrogen (secondary N) is 1. The maximum atomic E-state index is 13.7. The minimum absolute atomic E-state index is 0.0974. The van der Waals surface area contributed by atoms with Crippen LogP contribution in [-0.2, 0) is 4.79 Å². The summed E-state index contributed by atoms with van der Waals surface area (Å²) in [6, 6.07) is 14.9. The summed E-state index contributed by atoms with van der Waals surface area (Å²) < 4.78 is 19.9. The van der Waals surface area contributed by atoms with Crippen molar-refractivity contribution in [1.82, 2.24) is 5.27 Å². The summed E-state index contributed by atoms with van der Waals surface area (Å²) in [5.74, 6) is -1.55. The number of benzene rings is 2. The van der Waals surface area contributed by atoms with Crippen LogP contribution in [0, 0.1) is 5.82 Å². The number of para-hydroxylation sites is 2. The van der Waals surface area contributed by atoms with Crippen molar-refractivity contribution in [2.75, 3.05) is 5.32 Å². The van der Waals surface area contributed by atoms with Crippen LogP contribution in [-0.4, -0.2) is 16.4 Å². The van der Waals surface area contributed by atoms with Gasteiger partial charge in [0.05, 0.1) is 16.2 Å². The second kappa shape index (κ2) is 8.01. The molecule has 1 unspecified atom stereocenters. The Labute approximate surface area is 153 Å². The number of amides is 1. The molecular weight excluding hydrogens is 357 g/mol. The molecule has 134 valence electrons. The summed E-state index contributed by atoms with van der Waals surface area (Å²) in [6.07, 6.45) is 0.435. The smallest absolute Gasteiger partial charge is 0.298 e. The van der Waals surface area contributed by atoms with Crippen molar-refractivity contribution in [3.63, 3.8) is 0 Å². The molecule has 1 amide bonds. The van der Waals surface area contributed by atoms with Gasteiger partial charge in [-0.05, 0) is 35.0 Å². The summed E-state index contributed by atoms with van der Waals surface area (Å²) in [5, 5.41) is 17.9. The third-order valence-electron chi connectivity index (χ3n) is 3.62. The van der Waals surface area contributed by atoms with Gasteiger partial charge in [0.25, 0.3) is 5.03 Å². The van der Waals surface area contributed by atoms with E-state index in [1.807, 2.05) is 13.0 Å². The number of thioether (sulfide) groups is 1. The summed E-state index contributed by atoms with van der Waals surface area (Å²) in [5.41, 5.74) is 0.741. The van der Waals surface area contributed by atoms with E-state index in [-0.39, 0.29) is 10.7 Å². The standard InChI is InChI=1S/C18H16FN3O3S/c1-2-15(16(23)20-14-11-7-6-10-13(14)19)26-17-18(24)25-21-22(17)12-8-4-3-5-9-12/h3-11,15H,2H2,1H3,(H-,20,21,23,24). The molecule has 1 aromatic heterocycles. The first kappa shape index (κ1) is 17.9. The molecule has 6 nitrogen and oxygen atoms in total.